The highest BCUT2D eigenvalue weighted by atomic mass is 32.2. The van der Waals surface area contributed by atoms with Gasteiger partial charge in [0.15, 0.2) is 0 Å². The average Bonchev–Trinajstić information content (AvgIpc) is 2.83. The first-order valence-corrected chi connectivity index (χ1v) is 11.1. The molecule has 7 heteroatoms. The van der Waals surface area contributed by atoms with Gasteiger partial charge in [-0.3, -0.25) is 14.8 Å². The normalized spacial score (nSPS) is 20.4. The van der Waals surface area contributed by atoms with E-state index in [1.54, 1.807) is 18.6 Å². The van der Waals surface area contributed by atoms with Gasteiger partial charge in [-0.2, -0.15) is 0 Å². The van der Waals surface area contributed by atoms with Gasteiger partial charge in [0, 0.05) is 25.0 Å². The molecular formula is C23H24N4O2S. The number of nitrogens with one attached hydrogen (secondary N) is 1. The van der Waals surface area contributed by atoms with Gasteiger partial charge in [-0.1, -0.05) is 48.5 Å². The summed E-state index contributed by atoms with van der Waals surface area (Å²) in [5, 5.41) is 2.96. The Balaban J connectivity index is 1.51. The number of amides is 1. The zero-order chi connectivity index (χ0) is 20.8. The summed E-state index contributed by atoms with van der Waals surface area (Å²) in [4.78, 5) is 21.8. The van der Waals surface area contributed by atoms with Crippen molar-refractivity contribution in [1.29, 1.82) is 0 Å². The van der Waals surface area contributed by atoms with E-state index in [1.165, 1.54) is 0 Å². The molecule has 1 aliphatic rings. The predicted molar refractivity (Wildman–Crippen MR) is 115 cm³/mol. The zero-order valence-corrected chi connectivity index (χ0v) is 17.4. The largest absolute Gasteiger partial charge is 0.350 e. The molecule has 4 rings (SSSR count). The summed E-state index contributed by atoms with van der Waals surface area (Å²) in [6.07, 6.45) is 6.37. The first-order valence-electron chi connectivity index (χ1n) is 10.0. The number of hydrogen-bond donors (Lipinski definition) is 1. The van der Waals surface area contributed by atoms with Crippen molar-refractivity contribution in [1.82, 2.24) is 19.6 Å². The predicted octanol–water partition coefficient (Wildman–Crippen LogP) is 3.27. The van der Waals surface area contributed by atoms with Crippen LogP contribution in [0, 0.1) is 5.92 Å². The van der Waals surface area contributed by atoms with Crippen LogP contribution in [0.5, 0.6) is 0 Å². The van der Waals surface area contributed by atoms with Gasteiger partial charge in [0.25, 0.3) is 0 Å². The Hall–Kier alpha value is -2.90. The lowest BCUT2D eigenvalue weighted by molar-refractivity contribution is -0.126. The van der Waals surface area contributed by atoms with Gasteiger partial charge >= 0.3 is 0 Å². The van der Waals surface area contributed by atoms with Crippen molar-refractivity contribution in [3.63, 3.8) is 0 Å². The fourth-order valence-electron chi connectivity index (χ4n) is 3.76. The molecule has 2 aromatic carbocycles. The van der Waals surface area contributed by atoms with Crippen LogP contribution in [-0.4, -0.2) is 30.9 Å². The van der Waals surface area contributed by atoms with Crippen LogP contribution in [0.3, 0.4) is 0 Å². The maximum atomic E-state index is 13.4. The number of aromatic nitrogens is 2. The van der Waals surface area contributed by atoms with Gasteiger partial charge in [-0.15, -0.1) is 0 Å². The second-order valence-corrected chi connectivity index (χ2v) is 8.72. The molecule has 0 spiro atoms. The van der Waals surface area contributed by atoms with E-state index in [1.807, 2.05) is 52.8 Å². The Bertz CT molecular complexity index is 986. The van der Waals surface area contributed by atoms with Gasteiger partial charge in [-0.05, 0) is 30.5 Å². The third-order valence-corrected chi connectivity index (χ3v) is 6.81. The third-order valence-electron chi connectivity index (χ3n) is 5.31. The summed E-state index contributed by atoms with van der Waals surface area (Å²) in [7, 11) is -1.35. The molecule has 1 aliphatic heterocycles. The molecule has 0 aliphatic carbocycles. The summed E-state index contributed by atoms with van der Waals surface area (Å²) in [5.41, 5.74) is 1.84. The molecule has 0 bridgehead atoms. The van der Waals surface area contributed by atoms with Gasteiger partial charge in [0.05, 0.1) is 29.2 Å². The van der Waals surface area contributed by atoms with E-state index in [4.69, 9.17) is 0 Å². The maximum Gasteiger partial charge on any atom is 0.224 e. The van der Waals surface area contributed by atoms with Gasteiger partial charge in [-0.25, -0.2) is 8.51 Å². The minimum Gasteiger partial charge on any atom is -0.350 e. The van der Waals surface area contributed by atoms with E-state index in [9.17, 15) is 9.00 Å². The standard InChI is InChI=1S/C23H24N4O2S/c28-23(26-16-20-15-24-13-14-25-20)19-11-12-22(18-7-3-1-4-8-18)27(17-19)30(29)21-9-5-2-6-10-21/h1-10,13-15,19,22H,11-12,16-17H2,(H,26,28)/t19-,22?,30?/m1/s1. The molecule has 1 saturated heterocycles. The fraction of sp³-hybridized carbons (Fsp3) is 0.261. The number of hydrogen-bond acceptors (Lipinski definition) is 4. The molecule has 1 amide bonds. The van der Waals surface area contributed by atoms with Crippen LogP contribution in [0.4, 0.5) is 0 Å². The molecule has 30 heavy (non-hydrogen) atoms. The number of carbonyl (C=O) groups excluding carboxylic acids is 1. The second-order valence-electron chi connectivity index (χ2n) is 7.28. The van der Waals surface area contributed by atoms with Crippen molar-refractivity contribution in [2.75, 3.05) is 6.54 Å². The number of benzene rings is 2. The topological polar surface area (TPSA) is 75.2 Å². The monoisotopic (exact) mass is 420 g/mol. The van der Waals surface area contributed by atoms with Crippen molar-refractivity contribution in [3.05, 3.63) is 90.5 Å². The van der Waals surface area contributed by atoms with Crippen molar-refractivity contribution in [2.24, 2.45) is 5.92 Å². The minimum atomic E-state index is -1.35. The highest BCUT2D eigenvalue weighted by Gasteiger charge is 2.36. The van der Waals surface area contributed by atoms with E-state index in [2.05, 4.69) is 27.4 Å². The molecule has 6 nitrogen and oxygen atoms in total. The lowest BCUT2D eigenvalue weighted by atomic mass is 9.90. The molecule has 0 radical (unpaired) electrons. The molecule has 1 N–H and O–H groups in total. The second kappa shape index (κ2) is 9.73. The van der Waals surface area contributed by atoms with Crippen LogP contribution in [0.25, 0.3) is 0 Å². The van der Waals surface area contributed by atoms with Crippen LogP contribution >= 0.6 is 0 Å². The van der Waals surface area contributed by atoms with E-state index >= 15 is 0 Å². The summed E-state index contributed by atoms with van der Waals surface area (Å²) in [6, 6.07) is 19.5. The lowest BCUT2D eigenvalue weighted by Gasteiger charge is -2.38. The maximum absolute atomic E-state index is 13.4. The summed E-state index contributed by atoms with van der Waals surface area (Å²) < 4.78 is 15.4. The van der Waals surface area contributed by atoms with Crippen LogP contribution in [-0.2, 0) is 22.3 Å². The molecule has 2 unspecified atom stereocenters. The van der Waals surface area contributed by atoms with Crippen molar-refractivity contribution < 1.29 is 9.00 Å². The van der Waals surface area contributed by atoms with Crippen molar-refractivity contribution in [2.45, 2.75) is 30.3 Å². The van der Waals surface area contributed by atoms with E-state index in [0.717, 1.165) is 23.3 Å². The van der Waals surface area contributed by atoms with E-state index in [0.29, 0.717) is 18.8 Å². The number of nitrogens with zero attached hydrogens (tertiary/aromatic N) is 3. The summed E-state index contributed by atoms with van der Waals surface area (Å²) in [6.45, 7) is 0.778. The molecule has 154 valence electrons. The average molecular weight is 421 g/mol. The SMILES string of the molecule is O=C(NCc1cnccn1)[C@@H]1CCC(c2ccccc2)N(S(=O)c2ccccc2)C1. The van der Waals surface area contributed by atoms with Crippen molar-refractivity contribution in [3.8, 4) is 0 Å². The van der Waals surface area contributed by atoms with Crippen LogP contribution in [0.2, 0.25) is 0 Å². The van der Waals surface area contributed by atoms with Crippen LogP contribution in [0.1, 0.15) is 30.1 Å². The van der Waals surface area contributed by atoms with Gasteiger partial charge < -0.3 is 5.32 Å². The van der Waals surface area contributed by atoms with Gasteiger partial charge in [0.2, 0.25) is 5.91 Å². The molecule has 3 atom stereocenters. The van der Waals surface area contributed by atoms with Crippen molar-refractivity contribution >= 4 is 16.9 Å². The summed E-state index contributed by atoms with van der Waals surface area (Å²) >= 11 is 0. The quantitative estimate of drug-likeness (QED) is 0.664. The molecule has 1 fully saturated rings. The molecule has 1 aromatic heterocycles. The molecule has 2 heterocycles. The highest BCUT2D eigenvalue weighted by Crippen LogP contribution is 2.36. The van der Waals surface area contributed by atoms with E-state index in [-0.39, 0.29) is 17.9 Å². The summed E-state index contributed by atoms with van der Waals surface area (Å²) in [5.74, 6) is -0.267. The lowest BCUT2D eigenvalue weighted by Crippen LogP contribution is -2.45. The fourth-order valence-corrected chi connectivity index (χ4v) is 5.19. The Morgan fingerprint density at radius 2 is 1.77 bits per heavy atom. The Morgan fingerprint density at radius 3 is 2.47 bits per heavy atom. The molecule has 0 saturated carbocycles. The molecular weight excluding hydrogens is 396 g/mol. The van der Waals surface area contributed by atoms with Gasteiger partial charge in [0.1, 0.15) is 11.0 Å². The first kappa shape index (κ1) is 20.4. The Morgan fingerprint density at radius 1 is 1.03 bits per heavy atom. The van der Waals surface area contributed by atoms with E-state index < -0.39 is 11.0 Å². The first-order chi connectivity index (χ1) is 14.7. The van der Waals surface area contributed by atoms with Crippen LogP contribution < -0.4 is 5.32 Å². The zero-order valence-electron chi connectivity index (χ0n) is 16.6. The highest BCUT2D eigenvalue weighted by molar-refractivity contribution is 7.82. The van der Waals surface area contributed by atoms with Crippen LogP contribution in [0.15, 0.2) is 84.1 Å². The number of rotatable bonds is 6. The Labute approximate surface area is 179 Å². The Kier molecular flexibility index (Phi) is 6.61. The number of carbonyl (C=O) groups is 1. The third kappa shape index (κ3) is 4.80. The smallest absolute Gasteiger partial charge is 0.224 e. The number of piperidine rings is 1. The minimum absolute atomic E-state index is 0.0104. The molecule has 3 aromatic rings.